The van der Waals surface area contributed by atoms with Crippen molar-refractivity contribution in [3.8, 4) is 5.75 Å². The number of nitrogens with one attached hydrogen (secondary N) is 1. The van der Waals surface area contributed by atoms with E-state index >= 15 is 0 Å². The number of amides is 1. The first-order valence-electron chi connectivity index (χ1n) is 9.20. The Kier molecular flexibility index (Phi) is 5.59. The first-order valence-corrected chi connectivity index (χ1v) is 10.6. The third-order valence-corrected chi connectivity index (χ3v) is 6.40. The quantitative estimate of drug-likeness (QED) is 0.699. The van der Waals surface area contributed by atoms with Crippen LogP contribution in [-0.2, 0) is 11.4 Å². The fraction of sp³-hybridized carbons (Fsp3) is 0.526. The summed E-state index contributed by atoms with van der Waals surface area (Å²) in [5.74, 6) is 2.90. The van der Waals surface area contributed by atoms with E-state index in [2.05, 4.69) is 15.5 Å². The van der Waals surface area contributed by atoms with Crippen LogP contribution in [0.1, 0.15) is 37.1 Å². The Morgan fingerprint density at radius 2 is 2.26 bits per heavy atom. The van der Waals surface area contributed by atoms with Gasteiger partial charge in [0.05, 0.1) is 5.75 Å². The van der Waals surface area contributed by atoms with Crippen molar-refractivity contribution < 1.29 is 13.9 Å². The molecular weight excluding hydrogens is 386 g/mol. The maximum atomic E-state index is 12.2. The van der Waals surface area contributed by atoms with Gasteiger partial charge in [-0.15, -0.1) is 10.2 Å². The lowest BCUT2D eigenvalue weighted by Crippen LogP contribution is -2.39. The Bertz CT molecular complexity index is 828. The molecule has 8 heteroatoms. The normalized spacial score (nSPS) is 23.6. The van der Waals surface area contributed by atoms with Crippen molar-refractivity contribution in [1.82, 2.24) is 15.5 Å². The van der Waals surface area contributed by atoms with Gasteiger partial charge in [0.25, 0.3) is 11.1 Å². The number of aromatic nitrogens is 2. The first kappa shape index (κ1) is 18.6. The van der Waals surface area contributed by atoms with Crippen LogP contribution in [0.25, 0.3) is 0 Å². The van der Waals surface area contributed by atoms with Crippen molar-refractivity contribution in [3.05, 3.63) is 34.7 Å². The molecule has 1 amide bonds. The summed E-state index contributed by atoms with van der Waals surface area (Å²) in [6.45, 7) is 2.10. The molecule has 1 aromatic carbocycles. The molecule has 0 aliphatic heterocycles. The van der Waals surface area contributed by atoms with Crippen molar-refractivity contribution in [2.75, 3.05) is 5.75 Å². The lowest BCUT2D eigenvalue weighted by molar-refractivity contribution is -0.119. The third-order valence-electron chi connectivity index (χ3n) is 5.35. The van der Waals surface area contributed by atoms with Crippen molar-refractivity contribution in [3.63, 3.8) is 0 Å². The number of carbonyl (C=O) groups is 1. The highest BCUT2D eigenvalue weighted by Crippen LogP contribution is 2.44. The summed E-state index contributed by atoms with van der Waals surface area (Å²) in [5.41, 5.74) is 0.939. The van der Waals surface area contributed by atoms with E-state index in [1.165, 1.54) is 31.0 Å². The fourth-order valence-electron chi connectivity index (χ4n) is 4.07. The number of halogens is 1. The van der Waals surface area contributed by atoms with Crippen molar-refractivity contribution in [1.29, 1.82) is 0 Å². The topological polar surface area (TPSA) is 77.2 Å². The molecule has 1 aromatic heterocycles. The molecule has 2 bridgehead atoms. The highest BCUT2D eigenvalue weighted by atomic mass is 35.5. The number of benzene rings is 1. The minimum absolute atomic E-state index is 0.0327. The monoisotopic (exact) mass is 407 g/mol. The van der Waals surface area contributed by atoms with Crippen LogP contribution in [0.15, 0.2) is 27.8 Å². The Morgan fingerprint density at radius 1 is 1.37 bits per heavy atom. The van der Waals surface area contributed by atoms with E-state index in [1.54, 1.807) is 6.07 Å². The fourth-order valence-corrected chi connectivity index (χ4v) is 4.88. The van der Waals surface area contributed by atoms with Crippen LogP contribution in [0.5, 0.6) is 5.75 Å². The van der Waals surface area contributed by atoms with Crippen molar-refractivity contribution >= 4 is 29.3 Å². The molecule has 0 spiro atoms. The molecule has 2 aliphatic carbocycles. The predicted molar refractivity (Wildman–Crippen MR) is 103 cm³/mol. The highest BCUT2D eigenvalue weighted by Gasteiger charge is 2.40. The average molecular weight is 408 g/mol. The Labute approximate surface area is 167 Å². The van der Waals surface area contributed by atoms with E-state index in [0.29, 0.717) is 28.1 Å². The molecule has 3 unspecified atom stereocenters. The molecule has 1 N–H and O–H groups in total. The number of thioether (sulfide) groups is 1. The van der Waals surface area contributed by atoms with Gasteiger partial charge in [-0.2, -0.15) is 0 Å². The minimum atomic E-state index is 0.0327. The summed E-state index contributed by atoms with van der Waals surface area (Å²) in [5, 5.41) is 12.1. The summed E-state index contributed by atoms with van der Waals surface area (Å²) in [6, 6.07) is 5.77. The molecule has 0 radical (unpaired) electrons. The molecule has 2 aliphatic rings. The van der Waals surface area contributed by atoms with Crippen molar-refractivity contribution in [2.45, 2.75) is 50.5 Å². The van der Waals surface area contributed by atoms with Gasteiger partial charge in [-0.3, -0.25) is 4.79 Å². The number of hydrogen-bond acceptors (Lipinski definition) is 6. The van der Waals surface area contributed by atoms with Gasteiger partial charge in [0, 0.05) is 11.1 Å². The van der Waals surface area contributed by atoms with Crippen LogP contribution >= 0.6 is 23.4 Å². The van der Waals surface area contributed by atoms with Gasteiger partial charge < -0.3 is 14.5 Å². The number of hydrogen-bond donors (Lipinski definition) is 1. The van der Waals surface area contributed by atoms with Crippen LogP contribution in [0.2, 0.25) is 5.02 Å². The number of carbonyl (C=O) groups excluding carboxylic acids is 1. The Balaban J connectivity index is 1.22. The molecule has 2 aromatic rings. The molecule has 144 valence electrons. The predicted octanol–water partition coefficient (Wildman–Crippen LogP) is 4.01. The number of rotatable bonds is 7. The van der Waals surface area contributed by atoms with Gasteiger partial charge in [-0.05, 0) is 61.8 Å². The van der Waals surface area contributed by atoms with E-state index in [1.807, 2.05) is 19.1 Å². The second-order valence-electron chi connectivity index (χ2n) is 7.30. The second-order valence-corrected chi connectivity index (χ2v) is 8.66. The van der Waals surface area contributed by atoms with Crippen LogP contribution < -0.4 is 10.1 Å². The molecule has 4 rings (SSSR count). The summed E-state index contributed by atoms with van der Waals surface area (Å²) in [7, 11) is 0. The minimum Gasteiger partial charge on any atom is -0.484 e. The Morgan fingerprint density at radius 3 is 3.00 bits per heavy atom. The summed E-state index contributed by atoms with van der Waals surface area (Å²) >= 11 is 7.19. The van der Waals surface area contributed by atoms with E-state index in [0.717, 1.165) is 23.7 Å². The van der Waals surface area contributed by atoms with Gasteiger partial charge in [-0.1, -0.05) is 29.8 Å². The summed E-state index contributed by atoms with van der Waals surface area (Å²) in [4.78, 5) is 12.2. The maximum Gasteiger partial charge on any atom is 0.277 e. The molecule has 27 heavy (non-hydrogen) atoms. The first-order chi connectivity index (χ1) is 13.1. The van der Waals surface area contributed by atoms with Gasteiger partial charge >= 0.3 is 0 Å². The summed E-state index contributed by atoms with van der Waals surface area (Å²) in [6.07, 6.45) is 4.99. The van der Waals surface area contributed by atoms with E-state index in [9.17, 15) is 4.79 Å². The van der Waals surface area contributed by atoms with Crippen LogP contribution in [0.3, 0.4) is 0 Å². The molecular formula is C19H22ClN3O3S. The van der Waals surface area contributed by atoms with Crippen LogP contribution in [-0.4, -0.2) is 27.9 Å². The third kappa shape index (κ3) is 4.58. The lowest BCUT2D eigenvalue weighted by Gasteiger charge is -2.22. The molecule has 6 nitrogen and oxygen atoms in total. The smallest absolute Gasteiger partial charge is 0.277 e. The number of nitrogens with zero attached hydrogens (tertiary/aromatic N) is 2. The van der Waals surface area contributed by atoms with E-state index in [-0.39, 0.29) is 18.3 Å². The largest absolute Gasteiger partial charge is 0.484 e. The number of fused-ring (bicyclic) bond motifs is 2. The zero-order valence-electron chi connectivity index (χ0n) is 15.1. The zero-order chi connectivity index (χ0) is 18.8. The molecule has 0 saturated heterocycles. The van der Waals surface area contributed by atoms with Gasteiger partial charge in [0.15, 0.2) is 6.61 Å². The molecule has 1 heterocycles. The molecule has 2 fully saturated rings. The molecule has 3 atom stereocenters. The molecule has 2 saturated carbocycles. The van der Waals surface area contributed by atoms with Gasteiger partial charge in [-0.25, -0.2) is 0 Å². The number of aryl methyl sites for hydroxylation is 1. The van der Waals surface area contributed by atoms with Gasteiger partial charge in [0.1, 0.15) is 5.75 Å². The second kappa shape index (κ2) is 8.10. The van der Waals surface area contributed by atoms with E-state index in [4.69, 9.17) is 20.8 Å². The zero-order valence-corrected chi connectivity index (χ0v) is 16.7. The standard InChI is InChI=1S/C19H22ClN3O3S/c1-11-6-14(20)4-5-16(11)25-9-18-22-23-19(26-18)27-10-17(24)21-15-8-12-2-3-13(15)7-12/h4-6,12-13,15H,2-3,7-10H2,1H3,(H,21,24). The maximum absolute atomic E-state index is 12.2. The number of ether oxygens (including phenoxy) is 1. The SMILES string of the molecule is Cc1cc(Cl)ccc1OCc1nnc(SCC(=O)NC2CC3CCC2C3)o1. The van der Waals surface area contributed by atoms with E-state index < -0.39 is 0 Å². The van der Waals surface area contributed by atoms with Crippen molar-refractivity contribution in [2.24, 2.45) is 11.8 Å². The summed E-state index contributed by atoms with van der Waals surface area (Å²) < 4.78 is 11.2. The van der Waals surface area contributed by atoms with Crippen LogP contribution in [0.4, 0.5) is 0 Å². The van der Waals surface area contributed by atoms with Crippen LogP contribution in [0, 0.1) is 18.8 Å². The highest BCUT2D eigenvalue weighted by molar-refractivity contribution is 7.99. The average Bonchev–Trinajstić information content (AvgIpc) is 3.36. The lowest BCUT2D eigenvalue weighted by atomic mass is 9.95. The van der Waals surface area contributed by atoms with Gasteiger partial charge in [0.2, 0.25) is 5.91 Å². The Hall–Kier alpha value is -1.73.